The molecule has 1 fully saturated rings. The number of hydrogen-bond donors (Lipinski definition) is 0. The Morgan fingerprint density at radius 1 is 1.09 bits per heavy atom. The normalized spacial score (nSPS) is 26.4. The van der Waals surface area contributed by atoms with Gasteiger partial charge in [0.15, 0.2) is 0 Å². The molecule has 0 spiro atoms. The zero-order valence-corrected chi connectivity index (χ0v) is 6.38. The number of hydrogen-bond acceptors (Lipinski definition) is 0. The standard InChI is InChI=1S/C11H10/c1-2-9-6-11(8-4-5-8)7-10(9)3-1/h1-3,6-8H,4-5H2. The van der Waals surface area contributed by atoms with E-state index in [4.69, 9.17) is 0 Å². The molecule has 0 heterocycles. The van der Waals surface area contributed by atoms with Crippen molar-refractivity contribution in [3.8, 4) is 0 Å². The van der Waals surface area contributed by atoms with Crippen molar-refractivity contribution in [2.24, 2.45) is 5.92 Å². The molecule has 3 aliphatic rings. The average molecular weight is 142 g/mol. The van der Waals surface area contributed by atoms with Crippen molar-refractivity contribution >= 4 is 0 Å². The quantitative estimate of drug-likeness (QED) is 0.528. The maximum absolute atomic E-state index is 2.34. The minimum atomic E-state index is 0.905. The molecule has 0 atom stereocenters. The summed E-state index contributed by atoms with van der Waals surface area (Å²) in [5, 5.41) is 0. The van der Waals surface area contributed by atoms with E-state index in [1.807, 2.05) is 0 Å². The van der Waals surface area contributed by atoms with E-state index in [1.54, 1.807) is 5.57 Å². The van der Waals surface area contributed by atoms with Gasteiger partial charge in [-0.3, -0.25) is 0 Å². The van der Waals surface area contributed by atoms with E-state index < -0.39 is 0 Å². The molecule has 3 aliphatic carbocycles. The van der Waals surface area contributed by atoms with Crippen molar-refractivity contribution in [3.05, 3.63) is 47.1 Å². The van der Waals surface area contributed by atoms with Crippen LogP contribution in [0, 0.1) is 5.92 Å². The van der Waals surface area contributed by atoms with Crippen molar-refractivity contribution in [3.63, 3.8) is 0 Å². The topological polar surface area (TPSA) is 0 Å². The van der Waals surface area contributed by atoms with E-state index in [2.05, 4.69) is 30.4 Å². The van der Waals surface area contributed by atoms with Crippen LogP contribution in [0.1, 0.15) is 12.8 Å². The van der Waals surface area contributed by atoms with Crippen LogP contribution in [0.4, 0.5) is 0 Å². The summed E-state index contributed by atoms with van der Waals surface area (Å²) >= 11 is 0. The van der Waals surface area contributed by atoms with Gasteiger partial charge in [0.05, 0.1) is 0 Å². The lowest BCUT2D eigenvalue weighted by Crippen LogP contribution is -1.74. The van der Waals surface area contributed by atoms with Crippen LogP contribution < -0.4 is 0 Å². The molecule has 0 N–H and O–H groups in total. The van der Waals surface area contributed by atoms with Crippen LogP contribution in [-0.2, 0) is 0 Å². The highest BCUT2D eigenvalue weighted by atomic mass is 14.3. The van der Waals surface area contributed by atoms with Crippen molar-refractivity contribution in [1.29, 1.82) is 0 Å². The molecule has 0 aromatic carbocycles. The van der Waals surface area contributed by atoms with Gasteiger partial charge in [0.25, 0.3) is 0 Å². The second-order valence-electron chi connectivity index (χ2n) is 3.50. The van der Waals surface area contributed by atoms with Gasteiger partial charge in [-0.2, -0.15) is 0 Å². The van der Waals surface area contributed by atoms with Gasteiger partial charge in [-0.15, -0.1) is 0 Å². The molecule has 0 heteroatoms. The van der Waals surface area contributed by atoms with E-state index in [-0.39, 0.29) is 0 Å². The van der Waals surface area contributed by atoms with Crippen molar-refractivity contribution < 1.29 is 0 Å². The summed E-state index contributed by atoms with van der Waals surface area (Å²) in [6.07, 6.45) is 14.0. The average Bonchev–Trinajstić information content (AvgIpc) is 2.60. The molecule has 0 saturated heterocycles. The van der Waals surface area contributed by atoms with E-state index in [9.17, 15) is 0 Å². The molecule has 0 aliphatic heterocycles. The van der Waals surface area contributed by atoms with Crippen molar-refractivity contribution in [1.82, 2.24) is 0 Å². The fourth-order valence-corrected chi connectivity index (χ4v) is 1.76. The van der Waals surface area contributed by atoms with E-state index in [0.29, 0.717) is 0 Å². The lowest BCUT2D eigenvalue weighted by Gasteiger charge is -1.89. The highest BCUT2D eigenvalue weighted by Crippen LogP contribution is 2.42. The van der Waals surface area contributed by atoms with Gasteiger partial charge in [-0.1, -0.05) is 30.4 Å². The minimum absolute atomic E-state index is 0.905. The summed E-state index contributed by atoms with van der Waals surface area (Å²) in [4.78, 5) is 0. The monoisotopic (exact) mass is 142 g/mol. The molecule has 0 aromatic heterocycles. The predicted molar refractivity (Wildman–Crippen MR) is 46.1 cm³/mol. The summed E-state index contributed by atoms with van der Waals surface area (Å²) in [5.41, 5.74) is 4.41. The van der Waals surface area contributed by atoms with Gasteiger partial charge in [-0.25, -0.2) is 0 Å². The van der Waals surface area contributed by atoms with Gasteiger partial charge in [0, 0.05) is 0 Å². The maximum Gasteiger partial charge on any atom is -0.0161 e. The molecule has 54 valence electrons. The molecule has 0 radical (unpaired) electrons. The first kappa shape index (κ1) is 5.59. The number of allylic oxidation sites excluding steroid dienone is 8. The Bertz CT molecular complexity index is 320. The Hall–Kier alpha value is -1.04. The highest BCUT2D eigenvalue weighted by molar-refractivity contribution is 5.63. The van der Waals surface area contributed by atoms with Gasteiger partial charge in [-0.05, 0) is 35.5 Å². The molecule has 3 rings (SSSR count). The maximum atomic E-state index is 2.34. The van der Waals surface area contributed by atoms with Crippen LogP contribution >= 0.6 is 0 Å². The molecular weight excluding hydrogens is 132 g/mol. The summed E-state index contributed by atoms with van der Waals surface area (Å²) in [6.45, 7) is 0. The molecule has 0 nitrogen and oxygen atoms in total. The van der Waals surface area contributed by atoms with Gasteiger partial charge in [0.1, 0.15) is 0 Å². The lowest BCUT2D eigenvalue weighted by molar-refractivity contribution is 1.06. The predicted octanol–water partition coefficient (Wildman–Crippen LogP) is 2.76. The SMILES string of the molecule is C1=CC2=CC(C3CC3)=CC2=C1. The highest BCUT2D eigenvalue weighted by Gasteiger charge is 2.27. The summed E-state index contributed by atoms with van der Waals surface area (Å²) < 4.78 is 0. The summed E-state index contributed by atoms with van der Waals surface area (Å²) in [6, 6.07) is 0. The molecule has 0 bridgehead atoms. The van der Waals surface area contributed by atoms with Crippen LogP contribution in [0.5, 0.6) is 0 Å². The summed E-state index contributed by atoms with van der Waals surface area (Å²) in [5.74, 6) is 0.905. The third kappa shape index (κ3) is 0.756. The lowest BCUT2D eigenvalue weighted by atomic mass is 10.2. The molecule has 0 aromatic rings. The largest absolute Gasteiger partial charge is 0.0610 e. The second kappa shape index (κ2) is 1.76. The fraction of sp³-hybridized carbons (Fsp3) is 0.273. The molecule has 1 saturated carbocycles. The van der Waals surface area contributed by atoms with Gasteiger partial charge >= 0.3 is 0 Å². The summed E-state index contributed by atoms with van der Waals surface area (Å²) in [7, 11) is 0. The second-order valence-corrected chi connectivity index (χ2v) is 3.50. The Morgan fingerprint density at radius 2 is 2.00 bits per heavy atom. The molecule has 0 unspecified atom stereocenters. The van der Waals surface area contributed by atoms with E-state index >= 15 is 0 Å². The zero-order valence-electron chi connectivity index (χ0n) is 6.38. The van der Waals surface area contributed by atoms with Crippen LogP contribution in [0.25, 0.3) is 0 Å². The first-order valence-electron chi connectivity index (χ1n) is 4.25. The van der Waals surface area contributed by atoms with Crippen molar-refractivity contribution in [2.75, 3.05) is 0 Å². The Kier molecular flexibility index (Phi) is 0.894. The fourth-order valence-electron chi connectivity index (χ4n) is 1.76. The Labute approximate surface area is 66.6 Å². The first-order valence-corrected chi connectivity index (χ1v) is 4.25. The van der Waals surface area contributed by atoms with Crippen LogP contribution in [0.2, 0.25) is 0 Å². The van der Waals surface area contributed by atoms with Crippen molar-refractivity contribution in [2.45, 2.75) is 12.8 Å². The van der Waals surface area contributed by atoms with Crippen LogP contribution in [0.15, 0.2) is 47.1 Å². The zero-order chi connectivity index (χ0) is 7.26. The van der Waals surface area contributed by atoms with Crippen LogP contribution in [0.3, 0.4) is 0 Å². The number of fused-ring (bicyclic) bond motifs is 1. The smallest absolute Gasteiger partial charge is 0.0161 e. The third-order valence-corrected chi connectivity index (χ3v) is 2.58. The van der Waals surface area contributed by atoms with Crippen LogP contribution in [-0.4, -0.2) is 0 Å². The Morgan fingerprint density at radius 3 is 2.73 bits per heavy atom. The van der Waals surface area contributed by atoms with Gasteiger partial charge < -0.3 is 0 Å². The molecular formula is C11H10. The third-order valence-electron chi connectivity index (χ3n) is 2.58. The first-order chi connectivity index (χ1) is 5.43. The van der Waals surface area contributed by atoms with E-state index in [1.165, 1.54) is 24.0 Å². The molecule has 11 heavy (non-hydrogen) atoms. The molecule has 0 amide bonds. The van der Waals surface area contributed by atoms with E-state index in [0.717, 1.165) is 5.92 Å². The Balaban J connectivity index is 2.01. The minimum Gasteiger partial charge on any atom is -0.0610 e. The number of rotatable bonds is 1. The van der Waals surface area contributed by atoms with Gasteiger partial charge in [0.2, 0.25) is 0 Å².